The maximum absolute atomic E-state index is 12.2. The summed E-state index contributed by atoms with van der Waals surface area (Å²) in [5.74, 6) is 1.90. The molecule has 4 rings (SSSR count). The van der Waals surface area contributed by atoms with E-state index in [0.717, 1.165) is 24.8 Å². The van der Waals surface area contributed by atoms with E-state index in [-0.39, 0.29) is 11.4 Å². The molecule has 0 spiro atoms. The highest BCUT2D eigenvalue weighted by atomic mass is 16.4. The molecule has 1 aliphatic heterocycles. The minimum atomic E-state index is -0.817. The summed E-state index contributed by atoms with van der Waals surface area (Å²) in [6.07, 6.45) is 7.07. The Kier molecular flexibility index (Phi) is 3.67. The molecule has 1 saturated heterocycles. The number of nitrogens with two attached hydrogens (primary N) is 1. The lowest BCUT2D eigenvalue weighted by Gasteiger charge is -2.20. The van der Waals surface area contributed by atoms with Gasteiger partial charge in [-0.2, -0.15) is 0 Å². The van der Waals surface area contributed by atoms with Crippen molar-refractivity contribution in [3.05, 3.63) is 30.0 Å². The predicted molar refractivity (Wildman–Crippen MR) is 92.5 cm³/mol. The van der Waals surface area contributed by atoms with E-state index in [4.69, 9.17) is 10.8 Å². The van der Waals surface area contributed by atoms with Crippen LogP contribution in [0.4, 0.5) is 10.6 Å². The Morgan fingerprint density at radius 3 is 2.64 bits per heavy atom. The summed E-state index contributed by atoms with van der Waals surface area (Å²) >= 11 is 0. The zero-order valence-electron chi connectivity index (χ0n) is 13.9. The van der Waals surface area contributed by atoms with E-state index in [0.29, 0.717) is 36.7 Å². The molecule has 3 aliphatic rings. The molecule has 2 atom stereocenters. The van der Waals surface area contributed by atoms with Crippen LogP contribution in [0.25, 0.3) is 6.08 Å². The van der Waals surface area contributed by atoms with Crippen molar-refractivity contribution in [1.29, 1.82) is 0 Å². The zero-order valence-corrected chi connectivity index (χ0v) is 13.9. The normalized spacial score (nSPS) is 28.6. The number of nitrogens with one attached hydrogen (secondary N) is 1. The third-order valence-electron chi connectivity index (χ3n) is 5.75. The van der Waals surface area contributed by atoms with E-state index in [1.807, 2.05) is 6.07 Å². The van der Waals surface area contributed by atoms with Crippen LogP contribution in [0.1, 0.15) is 24.8 Å². The van der Waals surface area contributed by atoms with E-state index < -0.39 is 6.09 Å². The lowest BCUT2D eigenvalue weighted by Crippen LogP contribution is -2.37. The number of hydrogen-bond acceptors (Lipinski definition) is 4. The number of amides is 2. The first-order valence-corrected chi connectivity index (χ1v) is 8.65. The first-order valence-electron chi connectivity index (χ1n) is 8.65. The second kappa shape index (κ2) is 5.75. The molecule has 2 unspecified atom stereocenters. The monoisotopic (exact) mass is 342 g/mol. The van der Waals surface area contributed by atoms with Gasteiger partial charge < -0.3 is 21.1 Å². The number of fused-ring (bicyclic) bond motifs is 1. The van der Waals surface area contributed by atoms with Crippen LogP contribution in [0.2, 0.25) is 0 Å². The highest BCUT2D eigenvalue weighted by molar-refractivity contribution is 5.92. The number of carbonyl (C=O) groups is 2. The largest absolute Gasteiger partial charge is 0.465 e. The molecule has 3 fully saturated rings. The summed E-state index contributed by atoms with van der Waals surface area (Å²) in [6, 6.07) is 3.52. The van der Waals surface area contributed by atoms with Crippen LogP contribution < -0.4 is 11.1 Å². The van der Waals surface area contributed by atoms with Gasteiger partial charge in [0.1, 0.15) is 5.82 Å². The predicted octanol–water partition coefficient (Wildman–Crippen LogP) is 1.57. The van der Waals surface area contributed by atoms with Crippen LogP contribution in [-0.4, -0.2) is 45.6 Å². The molecule has 25 heavy (non-hydrogen) atoms. The van der Waals surface area contributed by atoms with Crippen molar-refractivity contribution < 1.29 is 14.7 Å². The molecule has 132 valence electrons. The van der Waals surface area contributed by atoms with Gasteiger partial charge in [0.2, 0.25) is 5.91 Å². The number of hydrogen-bond donors (Lipinski definition) is 3. The van der Waals surface area contributed by atoms with Crippen LogP contribution in [-0.2, 0) is 4.79 Å². The Hall–Kier alpha value is -2.57. The fourth-order valence-corrected chi connectivity index (χ4v) is 4.08. The molecule has 1 aromatic heterocycles. The van der Waals surface area contributed by atoms with E-state index >= 15 is 0 Å². The lowest BCUT2D eigenvalue weighted by molar-refractivity contribution is -0.117. The fraction of sp³-hybridized carbons (Fsp3) is 0.500. The Morgan fingerprint density at radius 2 is 2.08 bits per heavy atom. The first kappa shape index (κ1) is 15.9. The van der Waals surface area contributed by atoms with Crippen molar-refractivity contribution >= 4 is 23.9 Å². The smallest absolute Gasteiger partial charge is 0.407 e. The number of nitrogen functional groups attached to an aromatic ring is 1. The highest BCUT2D eigenvalue weighted by Crippen LogP contribution is 2.58. The summed E-state index contributed by atoms with van der Waals surface area (Å²) in [7, 11) is 0. The fourth-order valence-electron chi connectivity index (χ4n) is 4.08. The minimum Gasteiger partial charge on any atom is -0.465 e. The quantitative estimate of drug-likeness (QED) is 0.704. The molecule has 1 aromatic rings. The van der Waals surface area contributed by atoms with Gasteiger partial charge in [-0.05, 0) is 60.8 Å². The second-order valence-corrected chi connectivity index (χ2v) is 7.50. The van der Waals surface area contributed by atoms with Gasteiger partial charge >= 0.3 is 6.09 Å². The highest BCUT2D eigenvalue weighted by Gasteiger charge is 2.60. The number of rotatable bonds is 5. The standard InChI is InChI=1S/C18H22N4O3/c19-15-3-1-11(8-20-15)2-4-16(23)21-18(5-6-18)7-12-13-9-22(17(24)25)10-14(12)13/h1-4,8,12-14H,5-7,9-10H2,(H2,19,20)(H,21,23)(H,24,25)/b4-2+. The molecule has 2 amide bonds. The summed E-state index contributed by atoms with van der Waals surface area (Å²) in [5.41, 5.74) is 6.29. The Labute approximate surface area is 145 Å². The van der Waals surface area contributed by atoms with Gasteiger partial charge in [0.05, 0.1) is 0 Å². The van der Waals surface area contributed by atoms with Gasteiger partial charge in [-0.15, -0.1) is 0 Å². The van der Waals surface area contributed by atoms with Crippen LogP contribution >= 0.6 is 0 Å². The van der Waals surface area contributed by atoms with Gasteiger partial charge in [-0.1, -0.05) is 0 Å². The third-order valence-corrected chi connectivity index (χ3v) is 5.75. The van der Waals surface area contributed by atoms with Crippen molar-refractivity contribution in [3.8, 4) is 0 Å². The SMILES string of the molecule is Nc1ccc(/C=C/C(=O)NC2(CC3C4CN(C(=O)O)CC43)CC2)cn1. The van der Waals surface area contributed by atoms with Gasteiger partial charge in [-0.25, -0.2) is 9.78 Å². The first-order chi connectivity index (χ1) is 12.0. The average Bonchev–Trinajstić information content (AvgIpc) is 3.41. The van der Waals surface area contributed by atoms with Crippen molar-refractivity contribution in [3.63, 3.8) is 0 Å². The Balaban J connectivity index is 1.28. The summed E-state index contributed by atoms with van der Waals surface area (Å²) in [5, 5.41) is 12.2. The van der Waals surface area contributed by atoms with Gasteiger partial charge in [0, 0.05) is 30.9 Å². The van der Waals surface area contributed by atoms with Crippen LogP contribution in [0.15, 0.2) is 24.4 Å². The molecule has 4 N–H and O–H groups in total. The van der Waals surface area contributed by atoms with Crippen molar-refractivity contribution in [2.24, 2.45) is 17.8 Å². The van der Waals surface area contributed by atoms with Gasteiger partial charge in [-0.3, -0.25) is 4.79 Å². The molecule has 7 heteroatoms. The van der Waals surface area contributed by atoms with Crippen LogP contribution in [0.5, 0.6) is 0 Å². The minimum absolute atomic E-state index is 0.0795. The third kappa shape index (κ3) is 3.31. The maximum atomic E-state index is 12.2. The maximum Gasteiger partial charge on any atom is 0.407 e. The molecule has 7 nitrogen and oxygen atoms in total. The van der Waals surface area contributed by atoms with Crippen molar-refractivity contribution in [2.45, 2.75) is 24.8 Å². The number of carbonyl (C=O) groups excluding carboxylic acids is 1. The number of piperidine rings is 1. The zero-order chi connectivity index (χ0) is 17.6. The van der Waals surface area contributed by atoms with Crippen molar-refractivity contribution in [1.82, 2.24) is 15.2 Å². The molecular formula is C18H22N4O3. The van der Waals surface area contributed by atoms with E-state index in [2.05, 4.69) is 10.3 Å². The number of carboxylic acid groups (broad SMARTS) is 1. The molecule has 2 heterocycles. The van der Waals surface area contributed by atoms with Crippen LogP contribution in [0.3, 0.4) is 0 Å². The van der Waals surface area contributed by atoms with E-state index in [1.54, 1.807) is 18.3 Å². The summed E-state index contributed by atoms with van der Waals surface area (Å²) in [6.45, 7) is 1.30. The lowest BCUT2D eigenvalue weighted by atomic mass is 10.0. The van der Waals surface area contributed by atoms with E-state index in [1.165, 1.54) is 11.0 Å². The molecule has 2 aliphatic carbocycles. The van der Waals surface area contributed by atoms with Gasteiger partial charge in [0.15, 0.2) is 0 Å². The molecular weight excluding hydrogens is 320 g/mol. The summed E-state index contributed by atoms with van der Waals surface area (Å²) < 4.78 is 0. The topological polar surface area (TPSA) is 109 Å². The number of aromatic nitrogens is 1. The number of likely N-dealkylation sites (tertiary alicyclic amines) is 1. The Morgan fingerprint density at radius 1 is 1.36 bits per heavy atom. The van der Waals surface area contributed by atoms with Crippen LogP contribution in [0, 0.1) is 17.8 Å². The van der Waals surface area contributed by atoms with Gasteiger partial charge in [0.25, 0.3) is 0 Å². The molecule has 0 aromatic carbocycles. The molecule has 0 bridgehead atoms. The summed E-state index contributed by atoms with van der Waals surface area (Å²) in [4.78, 5) is 28.7. The molecule has 2 saturated carbocycles. The average molecular weight is 342 g/mol. The van der Waals surface area contributed by atoms with E-state index in [9.17, 15) is 9.59 Å². The van der Waals surface area contributed by atoms with Crippen molar-refractivity contribution in [2.75, 3.05) is 18.8 Å². The second-order valence-electron chi connectivity index (χ2n) is 7.50. The molecule has 0 radical (unpaired) electrons. The Bertz CT molecular complexity index is 714. The number of anilines is 1. The number of pyridine rings is 1. The number of nitrogens with zero attached hydrogens (tertiary/aromatic N) is 2.